The van der Waals surface area contributed by atoms with Crippen LogP contribution in [-0.4, -0.2) is 14.7 Å². The lowest BCUT2D eigenvalue weighted by Gasteiger charge is -2.29. The van der Waals surface area contributed by atoms with Gasteiger partial charge in [0.05, 0.1) is 17.8 Å². The highest BCUT2D eigenvalue weighted by Crippen LogP contribution is 2.44. The van der Waals surface area contributed by atoms with Gasteiger partial charge in [-0.3, -0.25) is 4.98 Å². The van der Waals surface area contributed by atoms with E-state index in [1.165, 1.54) is 44.9 Å². The van der Waals surface area contributed by atoms with Crippen LogP contribution in [0.5, 0.6) is 0 Å². The molecular formula is C30H32N4S. The van der Waals surface area contributed by atoms with E-state index >= 15 is 0 Å². The molecule has 1 fully saturated rings. The molecule has 0 unspecified atom stereocenters. The molecule has 2 aromatic heterocycles. The van der Waals surface area contributed by atoms with Crippen LogP contribution < -0.4 is 10.2 Å². The van der Waals surface area contributed by atoms with Gasteiger partial charge in [-0.25, -0.2) is 0 Å². The summed E-state index contributed by atoms with van der Waals surface area (Å²) in [5.41, 5.74) is 12.1. The van der Waals surface area contributed by atoms with Crippen LogP contribution in [0.3, 0.4) is 0 Å². The Morgan fingerprint density at radius 1 is 0.857 bits per heavy atom. The molecule has 178 valence electrons. The van der Waals surface area contributed by atoms with E-state index in [4.69, 9.17) is 17.2 Å². The predicted molar refractivity (Wildman–Crippen MR) is 149 cm³/mol. The molecule has 1 aliphatic rings. The highest BCUT2D eigenvalue weighted by molar-refractivity contribution is 7.80. The van der Waals surface area contributed by atoms with Gasteiger partial charge in [-0.1, -0.05) is 24.3 Å². The average molecular weight is 481 g/mol. The van der Waals surface area contributed by atoms with Crippen LogP contribution in [0.25, 0.3) is 5.69 Å². The first kappa shape index (κ1) is 23.3. The van der Waals surface area contributed by atoms with E-state index in [9.17, 15) is 0 Å². The van der Waals surface area contributed by atoms with Gasteiger partial charge in [0.25, 0.3) is 0 Å². The molecule has 2 aromatic carbocycles. The Labute approximate surface area is 213 Å². The Kier molecular flexibility index (Phi) is 5.97. The van der Waals surface area contributed by atoms with Crippen LogP contribution in [0.1, 0.15) is 57.0 Å². The van der Waals surface area contributed by atoms with Crippen LogP contribution in [-0.2, 0) is 0 Å². The lowest BCUT2D eigenvalue weighted by molar-refractivity contribution is 0.565. The SMILES string of the molecule is Cc1cc(C)cc(N2C(=S)N[C@H](c3ccccn3)[C@H]2c2cc(C)n(-c3cccc(C)c3C)c2C)c1. The molecule has 0 amide bonds. The number of hydrogen-bond donors (Lipinski definition) is 1. The van der Waals surface area contributed by atoms with Crippen LogP contribution in [0.2, 0.25) is 0 Å². The molecule has 35 heavy (non-hydrogen) atoms. The normalized spacial score (nSPS) is 17.7. The minimum atomic E-state index is -0.0583. The van der Waals surface area contributed by atoms with Crippen molar-refractivity contribution in [2.45, 2.75) is 53.6 Å². The maximum absolute atomic E-state index is 5.96. The third-order valence-corrected chi connectivity index (χ3v) is 7.50. The first-order valence-electron chi connectivity index (χ1n) is 12.1. The van der Waals surface area contributed by atoms with Gasteiger partial charge < -0.3 is 14.8 Å². The van der Waals surface area contributed by atoms with Gasteiger partial charge in [-0.2, -0.15) is 0 Å². The van der Waals surface area contributed by atoms with Gasteiger partial charge in [0.15, 0.2) is 5.11 Å². The van der Waals surface area contributed by atoms with Crippen molar-refractivity contribution in [3.05, 3.63) is 112 Å². The number of hydrogen-bond acceptors (Lipinski definition) is 2. The fourth-order valence-corrected chi connectivity index (χ4v) is 5.82. The van der Waals surface area contributed by atoms with E-state index in [1.807, 2.05) is 18.3 Å². The molecule has 0 saturated carbocycles. The molecule has 0 spiro atoms. The lowest BCUT2D eigenvalue weighted by Crippen LogP contribution is -2.29. The second kappa shape index (κ2) is 8.97. The summed E-state index contributed by atoms with van der Waals surface area (Å²) in [5.74, 6) is 0. The zero-order valence-corrected chi connectivity index (χ0v) is 22.1. The molecule has 2 atom stereocenters. The van der Waals surface area contributed by atoms with Crippen LogP contribution in [0.4, 0.5) is 5.69 Å². The molecule has 1 N–H and O–H groups in total. The largest absolute Gasteiger partial charge is 0.351 e. The number of rotatable bonds is 4. The summed E-state index contributed by atoms with van der Waals surface area (Å²) in [6, 6.07) is 21.5. The van der Waals surface area contributed by atoms with Crippen molar-refractivity contribution in [1.29, 1.82) is 0 Å². The topological polar surface area (TPSA) is 33.1 Å². The van der Waals surface area contributed by atoms with Gasteiger partial charge in [-0.05, 0) is 118 Å². The quantitative estimate of drug-likeness (QED) is 0.322. The second-order valence-corrected chi connectivity index (χ2v) is 10.1. The van der Waals surface area contributed by atoms with Crippen molar-refractivity contribution in [3.8, 4) is 5.69 Å². The lowest BCUT2D eigenvalue weighted by atomic mass is 9.96. The van der Waals surface area contributed by atoms with Gasteiger partial charge >= 0.3 is 0 Å². The van der Waals surface area contributed by atoms with Gasteiger partial charge in [0.2, 0.25) is 0 Å². The van der Waals surface area contributed by atoms with E-state index in [0.717, 1.165) is 16.5 Å². The zero-order chi connectivity index (χ0) is 24.9. The van der Waals surface area contributed by atoms with E-state index < -0.39 is 0 Å². The number of anilines is 1. The van der Waals surface area contributed by atoms with Gasteiger partial charge in [0, 0.05) is 29.0 Å². The molecule has 0 bridgehead atoms. The summed E-state index contributed by atoms with van der Waals surface area (Å²) in [7, 11) is 0. The maximum Gasteiger partial charge on any atom is 0.174 e. The molecule has 1 saturated heterocycles. The number of thiocarbonyl (C=S) groups is 1. The minimum Gasteiger partial charge on any atom is -0.351 e. The summed E-state index contributed by atoms with van der Waals surface area (Å²) in [4.78, 5) is 7.00. The minimum absolute atomic E-state index is 0.0244. The van der Waals surface area contributed by atoms with Gasteiger partial charge in [-0.15, -0.1) is 0 Å². The molecule has 3 heterocycles. The molecule has 4 aromatic rings. The number of benzene rings is 2. The monoisotopic (exact) mass is 480 g/mol. The van der Waals surface area contributed by atoms with E-state index in [-0.39, 0.29) is 12.1 Å². The molecule has 5 rings (SSSR count). The Hall–Kier alpha value is -3.44. The summed E-state index contributed by atoms with van der Waals surface area (Å²) >= 11 is 5.96. The fourth-order valence-electron chi connectivity index (χ4n) is 5.47. The second-order valence-electron chi connectivity index (χ2n) is 9.72. The molecular weight excluding hydrogens is 448 g/mol. The summed E-state index contributed by atoms with van der Waals surface area (Å²) in [5, 5.41) is 4.34. The maximum atomic E-state index is 5.96. The van der Waals surface area contributed by atoms with Crippen LogP contribution in [0.15, 0.2) is 66.9 Å². The molecule has 0 aliphatic carbocycles. The molecule has 4 nitrogen and oxygen atoms in total. The Bertz CT molecular complexity index is 1400. The standard InChI is InChI=1S/C30H32N4S/c1-18-14-19(2)16-24(15-18)34-29(28(32-30(34)35)26-11-7-8-13-31-26)25-17-21(4)33(23(25)6)27-12-9-10-20(3)22(27)5/h7-17,28-29H,1-6H3,(H,32,35)/t28-,29-/m1/s1. The highest BCUT2D eigenvalue weighted by atomic mass is 32.1. The van der Waals surface area contributed by atoms with Crippen molar-refractivity contribution in [2.75, 3.05) is 4.90 Å². The molecule has 0 radical (unpaired) electrons. The number of aromatic nitrogens is 2. The predicted octanol–water partition coefficient (Wildman–Crippen LogP) is 6.90. The van der Waals surface area contributed by atoms with Crippen molar-refractivity contribution >= 4 is 23.0 Å². The third kappa shape index (κ3) is 4.04. The van der Waals surface area contributed by atoms with Crippen molar-refractivity contribution in [1.82, 2.24) is 14.9 Å². The smallest absolute Gasteiger partial charge is 0.174 e. The summed E-state index contributed by atoms with van der Waals surface area (Å²) in [6.45, 7) is 13.1. The van der Waals surface area contributed by atoms with Gasteiger partial charge in [0.1, 0.15) is 0 Å². The number of pyridine rings is 1. The number of aryl methyl sites for hydroxylation is 4. The zero-order valence-electron chi connectivity index (χ0n) is 21.3. The Morgan fingerprint density at radius 3 is 2.29 bits per heavy atom. The van der Waals surface area contributed by atoms with Crippen molar-refractivity contribution in [2.24, 2.45) is 0 Å². The van der Waals surface area contributed by atoms with Crippen molar-refractivity contribution in [3.63, 3.8) is 0 Å². The Balaban J connectivity index is 1.72. The Morgan fingerprint density at radius 2 is 1.60 bits per heavy atom. The average Bonchev–Trinajstić information content (AvgIpc) is 3.31. The van der Waals surface area contributed by atoms with Crippen molar-refractivity contribution < 1.29 is 0 Å². The molecule has 5 heteroatoms. The fraction of sp³-hybridized carbons (Fsp3) is 0.267. The van der Waals surface area contributed by atoms with Crippen LogP contribution in [0, 0.1) is 41.5 Å². The van der Waals surface area contributed by atoms with E-state index in [1.54, 1.807) is 0 Å². The first-order valence-corrected chi connectivity index (χ1v) is 12.5. The third-order valence-electron chi connectivity index (χ3n) is 7.19. The summed E-state index contributed by atoms with van der Waals surface area (Å²) in [6.07, 6.45) is 1.86. The number of nitrogens with one attached hydrogen (secondary N) is 1. The van der Waals surface area contributed by atoms with Crippen LogP contribution >= 0.6 is 12.2 Å². The molecule has 1 aliphatic heterocycles. The first-order chi connectivity index (χ1) is 16.8. The summed E-state index contributed by atoms with van der Waals surface area (Å²) < 4.78 is 2.38. The highest BCUT2D eigenvalue weighted by Gasteiger charge is 2.42. The van der Waals surface area contributed by atoms with E-state index in [2.05, 4.69) is 105 Å². The van der Waals surface area contributed by atoms with E-state index in [0.29, 0.717) is 0 Å². The number of nitrogens with zero attached hydrogens (tertiary/aromatic N) is 3.